The Kier molecular flexibility index (Phi) is 25.7. The smallest absolute Gasteiger partial charge is 0.187 e. The molecule has 10 rings (SSSR count). The number of unbranched alkanes of at least 4 members (excludes halogenated alkanes) is 1. The van der Waals surface area contributed by atoms with E-state index < -0.39 is 123 Å². The Morgan fingerprint density at radius 1 is 0.407 bits per heavy atom. The van der Waals surface area contributed by atoms with E-state index in [4.69, 9.17) is 71.1 Å². The number of hydrogen-bond donors (Lipinski definition) is 1. The molecule has 0 aromatic heterocycles. The minimum absolute atomic E-state index is 0.0789. The lowest BCUT2D eigenvalue weighted by molar-refractivity contribution is -0.400. The summed E-state index contributed by atoms with van der Waals surface area (Å²) < 4.78 is 105. The van der Waals surface area contributed by atoms with Crippen LogP contribution in [0.15, 0.2) is 200 Å². The van der Waals surface area contributed by atoms with Crippen LogP contribution in [0.3, 0.4) is 0 Å². The molecule has 486 valence electrons. The number of ether oxygens (including phenoxy) is 15. The summed E-state index contributed by atoms with van der Waals surface area (Å²) >= 11 is 0. The molecule has 6 aromatic carbocycles. The predicted octanol–water partition coefficient (Wildman–Crippen LogP) is 11.7. The van der Waals surface area contributed by atoms with Gasteiger partial charge in [-0.3, -0.25) is 0 Å². The van der Waals surface area contributed by atoms with E-state index in [1.54, 1.807) is 6.92 Å². The molecule has 0 radical (unpaired) electrons. The van der Waals surface area contributed by atoms with Crippen molar-refractivity contribution in [3.8, 4) is 0 Å². The highest BCUT2D eigenvalue weighted by atomic mass is 16.8. The SMILES string of the molecule is C=CCCCO[C@@H]1O[C@@H](C)[C@H](OCc2ccccc2)[C@@H](OCc2ccccc2)[C@H]1O[C@@H]1O[C@@H](C)[C@H](OCc2ccccc2)[C@@H](O[C@@H]2O[C@@H](C)[C@H](OCc3ccccc3)[C@@H](O[C@@H]3O[C@H](C)[C@@H](N=[N+]=[N-])[C@H](O)[C@H]3OC)[C@H]2OCc2ccccc2)[C@H]1OCc1ccccc1. The number of benzene rings is 6. The molecular weight excluding hydrogens is 1160 g/mol. The second-order valence-corrected chi connectivity index (χ2v) is 23.4. The fourth-order valence-corrected chi connectivity index (χ4v) is 12.0. The molecule has 0 bridgehead atoms. The summed E-state index contributed by atoms with van der Waals surface area (Å²) in [5, 5.41) is 15.7. The summed E-state index contributed by atoms with van der Waals surface area (Å²) in [5.74, 6) is 0. The highest BCUT2D eigenvalue weighted by Crippen LogP contribution is 2.40. The van der Waals surface area contributed by atoms with Gasteiger partial charge in [-0.05, 0) is 79.4 Å². The van der Waals surface area contributed by atoms with Gasteiger partial charge in [-0.25, -0.2) is 0 Å². The van der Waals surface area contributed by atoms with Crippen molar-refractivity contribution in [2.24, 2.45) is 5.11 Å². The standard InChI is InChI=1S/C72H87N3O16/c1-7-8-27-40-78-69-68(63(82-44-54-34-21-12-22-35-54)59(48(3)86-69)79-41-51-28-15-9-16-29-51)91-72-67(84-46-56-38-25-14-26-39-56)65(61(50(5)88-72)81-43-53-32-19-11-20-33-53)90-71-66(83-45-55-36-23-13-24-37-55)64(60(49(4)87-71)80-42-52-30-17-10-18-31-52)89-70-62(77-6)58(76)57(74-75-73)47(2)85-70/h7,9-26,28-39,47-50,57-72,76H,1,8,27,40-46H2,2-6H3/t47-,48+,49+,50+,57-,58+,59+,60+,61+,62-,63-,64-,65-,66-,67-,68-,69-,70+,71+,72+/m1/s1. The van der Waals surface area contributed by atoms with Crippen molar-refractivity contribution in [2.75, 3.05) is 13.7 Å². The first kappa shape index (κ1) is 67.6. The molecule has 4 aliphatic heterocycles. The van der Waals surface area contributed by atoms with Crippen molar-refractivity contribution in [3.63, 3.8) is 0 Å². The van der Waals surface area contributed by atoms with E-state index in [9.17, 15) is 10.6 Å². The van der Waals surface area contributed by atoms with Gasteiger partial charge in [-0.15, -0.1) is 6.58 Å². The normalized spacial score (nSPS) is 31.7. The van der Waals surface area contributed by atoms with Crippen LogP contribution in [-0.2, 0) is 111 Å². The first-order valence-electron chi connectivity index (χ1n) is 31.6. The summed E-state index contributed by atoms with van der Waals surface area (Å²) in [5.41, 5.74) is 15.0. The molecule has 0 spiro atoms. The molecular formula is C72H87N3O16. The Labute approximate surface area is 534 Å². The molecule has 91 heavy (non-hydrogen) atoms. The Balaban J connectivity index is 1.07. The van der Waals surface area contributed by atoms with Gasteiger partial charge in [0.05, 0.1) is 82.8 Å². The lowest BCUT2D eigenvalue weighted by Gasteiger charge is -2.52. The lowest BCUT2D eigenvalue weighted by atomic mass is 9.95. The van der Waals surface area contributed by atoms with E-state index in [1.807, 2.05) is 209 Å². The van der Waals surface area contributed by atoms with E-state index in [-0.39, 0.29) is 39.6 Å². The lowest BCUT2D eigenvalue weighted by Crippen LogP contribution is -2.67. The number of methoxy groups -OCH3 is 1. The van der Waals surface area contributed by atoms with E-state index in [0.29, 0.717) is 13.0 Å². The molecule has 0 saturated carbocycles. The van der Waals surface area contributed by atoms with Crippen molar-refractivity contribution in [1.82, 2.24) is 0 Å². The minimum atomic E-state index is -1.32. The summed E-state index contributed by atoms with van der Waals surface area (Å²) in [4.78, 5) is 3.01. The molecule has 0 unspecified atom stereocenters. The number of aliphatic hydroxyl groups excluding tert-OH is 1. The van der Waals surface area contributed by atoms with Gasteiger partial charge in [-0.1, -0.05) is 193 Å². The number of azide groups is 1. The van der Waals surface area contributed by atoms with Crippen LogP contribution in [0.5, 0.6) is 0 Å². The van der Waals surface area contributed by atoms with Crippen molar-refractivity contribution in [3.05, 3.63) is 238 Å². The van der Waals surface area contributed by atoms with Gasteiger partial charge in [0.25, 0.3) is 0 Å². The van der Waals surface area contributed by atoms with Gasteiger partial charge in [0.2, 0.25) is 0 Å². The number of hydrogen-bond acceptors (Lipinski definition) is 17. The summed E-state index contributed by atoms with van der Waals surface area (Å²) in [6.45, 7) is 12.8. The van der Waals surface area contributed by atoms with E-state index in [1.165, 1.54) is 7.11 Å². The van der Waals surface area contributed by atoms with Gasteiger partial charge in [0.15, 0.2) is 25.2 Å². The fourth-order valence-electron chi connectivity index (χ4n) is 12.0. The first-order valence-corrected chi connectivity index (χ1v) is 31.6. The van der Waals surface area contributed by atoms with E-state index in [2.05, 4.69) is 16.6 Å². The highest BCUT2D eigenvalue weighted by Gasteiger charge is 2.57. The van der Waals surface area contributed by atoms with Crippen molar-refractivity contribution in [2.45, 2.75) is 203 Å². The van der Waals surface area contributed by atoms with Crippen molar-refractivity contribution in [1.29, 1.82) is 0 Å². The van der Waals surface area contributed by atoms with Gasteiger partial charge >= 0.3 is 0 Å². The average molecular weight is 1250 g/mol. The number of aliphatic hydroxyl groups is 1. The topological polar surface area (TPSA) is 207 Å². The summed E-state index contributed by atoms with van der Waals surface area (Å²) in [7, 11) is 1.44. The molecule has 4 saturated heterocycles. The Morgan fingerprint density at radius 2 is 0.714 bits per heavy atom. The third-order valence-corrected chi connectivity index (χ3v) is 16.8. The van der Waals surface area contributed by atoms with Crippen molar-refractivity contribution >= 4 is 0 Å². The van der Waals surface area contributed by atoms with Gasteiger partial charge in [0, 0.05) is 12.0 Å². The van der Waals surface area contributed by atoms with Crippen LogP contribution in [0.25, 0.3) is 10.4 Å². The predicted molar refractivity (Wildman–Crippen MR) is 337 cm³/mol. The van der Waals surface area contributed by atoms with Gasteiger partial charge in [0.1, 0.15) is 61.0 Å². The molecule has 4 fully saturated rings. The second-order valence-electron chi connectivity index (χ2n) is 23.4. The maximum absolute atomic E-state index is 11.8. The average Bonchev–Trinajstić information content (AvgIpc) is 1.03. The molecule has 0 aliphatic carbocycles. The maximum Gasteiger partial charge on any atom is 0.187 e. The molecule has 0 amide bonds. The zero-order chi connectivity index (χ0) is 63.3. The first-order chi connectivity index (χ1) is 44.6. The minimum Gasteiger partial charge on any atom is -0.390 e. The third-order valence-electron chi connectivity index (χ3n) is 16.8. The van der Waals surface area contributed by atoms with Crippen LogP contribution >= 0.6 is 0 Å². The summed E-state index contributed by atoms with van der Waals surface area (Å²) in [6.07, 6.45) is -15.3. The van der Waals surface area contributed by atoms with E-state index in [0.717, 1.165) is 39.8 Å². The Hall–Kier alpha value is -6.27. The highest BCUT2D eigenvalue weighted by molar-refractivity contribution is 5.19. The van der Waals surface area contributed by atoms with Gasteiger partial charge in [-0.2, -0.15) is 0 Å². The fraction of sp³-hybridized carbons (Fsp3) is 0.472. The largest absolute Gasteiger partial charge is 0.390 e. The van der Waals surface area contributed by atoms with Crippen molar-refractivity contribution < 1.29 is 76.2 Å². The molecule has 4 heterocycles. The summed E-state index contributed by atoms with van der Waals surface area (Å²) in [6, 6.07) is 58.1. The molecule has 4 aliphatic rings. The molecule has 19 nitrogen and oxygen atoms in total. The molecule has 6 aromatic rings. The number of nitrogens with zero attached hydrogens (tertiary/aromatic N) is 3. The molecule has 1 N–H and O–H groups in total. The Morgan fingerprint density at radius 3 is 1.07 bits per heavy atom. The van der Waals surface area contributed by atoms with Crippen LogP contribution in [0, 0.1) is 0 Å². The maximum atomic E-state index is 11.8. The third kappa shape index (κ3) is 18.3. The van der Waals surface area contributed by atoms with Crippen LogP contribution in [0.1, 0.15) is 73.9 Å². The zero-order valence-corrected chi connectivity index (χ0v) is 52.4. The van der Waals surface area contributed by atoms with Gasteiger partial charge < -0.3 is 76.2 Å². The van der Waals surface area contributed by atoms with Crippen LogP contribution < -0.4 is 0 Å². The van der Waals surface area contributed by atoms with Crippen LogP contribution in [0.4, 0.5) is 0 Å². The quantitative estimate of drug-likeness (QED) is 0.0141. The number of allylic oxidation sites excluding steroid dienone is 1. The Bertz CT molecular complexity index is 3090. The van der Waals surface area contributed by atoms with Crippen LogP contribution in [-0.4, -0.2) is 142 Å². The molecule has 20 atom stereocenters. The molecule has 19 heteroatoms. The second kappa shape index (κ2) is 34.6. The number of rotatable bonds is 31. The van der Waals surface area contributed by atoms with Crippen LogP contribution in [0.2, 0.25) is 0 Å². The monoisotopic (exact) mass is 1250 g/mol. The zero-order valence-electron chi connectivity index (χ0n) is 52.4. The van der Waals surface area contributed by atoms with E-state index >= 15 is 0 Å².